The Kier molecular flexibility index (Phi) is 5.35. The normalized spacial score (nSPS) is 30.4. The molecule has 1 fully saturated rings. The predicted molar refractivity (Wildman–Crippen MR) is 71.6 cm³/mol. The second-order valence-electron chi connectivity index (χ2n) is 6.04. The van der Waals surface area contributed by atoms with E-state index in [1.807, 2.05) is 0 Å². The highest BCUT2D eigenvalue weighted by Crippen LogP contribution is 2.32. The molecule has 1 amide bonds. The first kappa shape index (κ1) is 16.0. The molecule has 0 aromatic carbocycles. The van der Waals surface area contributed by atoms with Gasteiger partial charge >= 0.3 is 5.97 Å². The second kappa shape index (κ2) is 6.37. The maximum atomic E-state index is 12.1. The lowest BCUT2D eigenvalue weighted by Gasteiger charge is -2.40. The van der Waals surface area contributed by atoms with Gasteiger partial charge in [0.2, 0.25) is 5.91 Å². The first-order valence-electron chi connectivity index (χ1n) is 6.97. The molecule has 5 heteroatoms. The van der Waals surface area contributed by atoms with Gasteiger partial charge in [-0.05, 0) is 18.8 Å². The number of carbonyl (C=O) groups excluding carboxylic acids is 1. The van der Waals surface area contributed by atoms with Crippen LogP contribution in [-0.4, -0.2) is 34.2 Å². The van der Waals surface area contributed by atoms with E-state index < -0.39 is 23.3 Å². The number of hydrogen-bond donors (Lipinski definition) is 3. The minimum Gasteiger partial charge on any atom is -0.481 e. The highest BCUT2D eigenvalue weighted by atomic mass is 16.4. The maximum absolute atomic E-state index is 12.1. The van der Waals surface area contributed by atoms with Crippen LogP contribution in [0.5, 0.6) is 0 Å². The largest absolute Gasteiger partial charge is 0.481 e. The fourth-order valence-corrected chi connectivity index (χ4v) is 2.77. The average Bonchev–Trinajstić information content (AvgIpc) is 2.36. The smallest absolute Gasteiger partial charge is 0.307 e. The molecular formula is C14H25NO4. The van der Waals surface area contributed by atoms with E-state index in [1.54, 1.807) is 6.92 Å². The zero-order valence-electron chi connectivity index (χ0n) is 12.0. The van der Waals surface area contributed by atoms with Gasteiger partial charge in [-0.3, -0.25) is 9.59 Å². The van der Waals surface area contributed by atoms with Crippen LogP contribution in [0.25, 0.3) is 0 Å². The molecule has 1 rings (SSSR count). The summed E-state index contributed by atoms with van der Waals surface area (Å²) in [5, 5.41) is 21.4. The number of carbonyl (C=O) groups is 2. The monoisotopic (exact) mass is 271 g/mol. The van der Waals surface area contributed by atoms with Crippen molar-refractivity contribution in [1.82, 2.24) is 5.32 Å². The summed E-state index contributed by atoms with van der Waals surface area (Å²) >= 11 is 0. The first-order valence-corrected chi connectivity index (χ1v) is 6.97. The number of aliphatic carboxylic acids is 1. The quantitative estimate of drug-likeness (QED) is 0.705. The third-order valence-electron chi connectivity index (χ3n) is 4.34. The van der Waals surface area contributed by atoms with Crippen LogP contribution < -0.4 is 5.32 Å². The molecule has 0 bridgehead atoms. The Balaban J connectivity index is 2.70. The van der Waals surface area contributed by atoms with Gasteiger partial charge in [0.15, 0.2) is 0 Å². The van der Waals surface area contributed by atoms with Crippen LogP contribution >= 0.6 is 0 Å². The van der Waals surface area contributed by atoms with E-state index in [-0.39, 0.29) is 12.5 Å². The number of nitrogens with one attached hydrogen (secondary N) is 1. The summed E-state index contributed by atoms with van der Waals surface area (Å²) in [6.45, 7) is 5.17. The van der Waals surface area contributed by atoms with E-state index >= 15 is 0 Å². The van der Waals surface area contributed by atoms with Crippen LogP contribution in [0.3, 0.4) is 0 Å². The van der Waals surface area contributed by atoms with Crippen LogP contribution in [0.1, 0.15) is 46.5 Å². The predicted octanol–water partition coefficient (Wildman–Crippen LogP) is 1.40. The minimum atomic E-state index is -0.974. The van der Waals surface area contributed by atoms with Crippen LogP contribution in [0.2, 0.25) is 0 Å². The van der Waals surface area contributed by atoms with Gasteiger partial charge in [0.05, 0.1) is 18.1 Å². The number of carboxylic acids is 1. The average molecular weight is 271 g/mol. The molecule has 3 N–H and O–H groups in total. The molecule has 0 saturated heterocycles. The van der Waals surface area contributed by atoms with Gasteiger partial charge in [-0.1, -0.05) is 33.6 Å². The van der Waals surface area contributed by atoms with E-state index in [4.69, 9.17) is 5.11 Å². The van der Waals surface area contributed by atoms with E-state index in [0.717, 1.165) is 25.7 Å². The molecule has 0 radical (unpaired) electrons. The van der Waals surface area contributed by atoms with Crippen molar-refractivity contribution in [3.63, 3.8) is 0 Å². The van der Waals surface area contributed by atoms with Gasteiger partial charge in [0.25, 0.3) is 0 Å². The van der Waals surface area contributed by atoms with Crippen molar-refractivity contribution in [3.05, 3.63) is 0 Å². The SMILES string of the molecule is CC1CCCC(CO)(NC(=O)C(C)C(C)C(=O)O)C1. The van der Waals surface area contributed by atoms with Crippen molar-refractivity contribution < 1.29 is 19.8 Å². The van der Waals surface area contributed by atoms with Gasteiger partial charge < -0.3 is 15.5 Å². The first-order chi connectivity index (χ1) is 8.81. The van der Waals surface area contributed by atoms with E-state index in [0.29, 0.717) is 5.92 Å². The third-order valence-corrected chi connectivity index (χ3v) is 4.34. The summed E-state index contributed by atoms with van der Waals surface area (Å²) in [5.41, 5.74) is -0.568. The summed E-state index contributed by atoms with van der Waals surface area (Å²) in [6, 6.07) is 0. The number of amides is 1. The number of aliphatic hydroxyl groups is 1. The Morgan fingerprint density at radius 1 is 1.37 bits per heavy atom. The summed E-state index contributed by atoms with van der Waals surface area (Å²) in [4.78, 5) is 23.1. The molecule has 1 aliphatic carbocycles. The molecule has 0 spiro atoms. The van der Waals surface area contributed by atoms with Crippen molar-refractivity contribution in [1.29, 1.82) is 0 Å². The zero-order chi connectivity index (χ0) is 14.6. The van der Waals surface area contributed by atoms with Crippen LogP contribution in [0, 0.1) is 17.8 Å². The lowest BCUT2D eigenvalue weighted by Crippen LogP contribution is -2.55. The van der Waals surface area contributed by atoms with Crippen molar-refractivity contribution in [3.8, 4) is 0 Å². The van der Waals surface area contributed by atoms with Gasteiger partial charge in [-0.25, -0.2) is 0 Å². The maximum Gasteiger partial charge on any atom is 0.307 e. The van der Waals surface area contributed by atoms with Crippen molar-refractivity contribution in [2.75, 3.05) is 6.61 Å². The standard InChI is InChI=1S/C14H25NO4/c1-9-5-4-6-14(7-9,8-16)15-12(17)10(2)11(3)13(18)19/h9-11,16H,4-8H2,1-3H3,(H,15,17)(H,18,19). The molecule has 0 aromatic heterocycles. The van der Waals surface area contributed by atoms with Crippen molar-refractivity contribution >= 4 is 11.9 Å². The van der Waals surface area contributed by atoms with Gasteiger partial charge in [0.1, 0.15) is 0 Å². The van der Waals surface area contributed by atoms with E-state index in [1.165, 1.54) is 6.92 Å². The summed E-state index contributed by atoms with van der Waals surface area (Å²) in [6.07, 6.45) is 3.60. The second-order valence-corrected chi connectivity index (χ2v) is 6.04. The number of carboxylic acid groups (broad SMARTS) is 1. The van der Waals surface area contributed by atoms with Gasteiger partial charge in [-0.2, -0.15) is 0 Å². The van der Waals surface area contributed by atoms with Crippen molar-refractivity contribution in [2.24, 2.45) is 17.8 Å². The molecule has 4 unspecified atom stereocenters. The summed E-state index contributed by atoms with van der Waals surface area (Å²) < 4.78 is 0. The molecule has 5 nitrogen and oxygen atoms in total. The molecule has 1 saturated carbocycles. The fourth-order valence-electron chi connectivity index (χ4n) is 2.77. The van der Waals surface area contributed by atoms with Gasteiger partial charge in [-0.15, -0.1) is 0 Å². The molecule has 110 valence electrons. The Hall–Kier alpha value is -1.10. The van der Waals surface area contributed by atoms with Crippen LogP contribution in [-0.2, 0) is 9.59 Å². The fraction of sp³-hybridized carbons (Fsp3) is 0.857. The lowest BCUT2D eigenvalue weighted by molar-refractivity contribution is -0.146. The lowest BCUT2D eigenvalue weighted by atomic mass is 9.76. The molecule has 1 aliphatic rings. The Morgan fingerprint density at radius 2 is 2.00 bits per heavy atom. The van der Waals surface area contributed by atoms with Crippen LogP contribution in [0.15, 0.2) is 0 Å². The molecule has 0 heterocycles. The van der Waals surface area contributed by atoms with E-state index in [2.05, 4.69) is 12.2 Å². The zero-order valence-corrected chi connectivity index (χ0v) is 12.0. The highest BCUT2D eigenvalue weighted by Gasteiger charge is 2.38. The van der Waals surface area contributed by atoms with Gasteiger partial charge in [0, 0.05) is 5.92 Å². The Labute approximate surface area is 114 Å². The number of rotatable bonds is 5. The Morgan fingerprint density at radius 3 is 2.47 bits per heavy atom. The summed E-state index contributed by atoms with van der Waals surface area (Å²) in [7, 11) is 0. The number of aliphatic hydroxyl groups excluding tert-OH is 1. The molecular weight excluding hydrogens is 246 g/mol. The van der Waals surface area contributed by atoms with Crippen LogP contribution in [0.4, 0.5) is 0 Å². The van der Waals surface area contributed by atoms with Crippen molar-refractivity contribution in [2.45, 2.75) is 52.0 Å². The number of hydrogen-bond acceptors (Lipinski definition) is 3. The third kappa shape index (κ3) is 3.93. The Bertz CT molecular complexity index is 344. The topological polar surface area (TPSA) is 86.6 Å². The molecule has 4 atom stereocenters. The minimum absolute atomic E-state index is 0.0861. The molecule has 19 heavy (non-hydrogen) atoms. The molecule has 0 aromatic rings. The van der Waals surface area contributed by atoms with E-state index in [9.17, 15) is 14.7 Å². The summed E-state index contributed by atoms with van der Waals surface area (Å²) in [5.74, 6) is -2.11. The highest BCUT2D eigenvalue weighted by molar-refractivity contribution is 5.84. The molecule has 0 aliphatic heterocycles.